The molecule has 0 aromatic heterocycles. The van der Waals surface area contributed by atoms with Crippen LogP contribution >= 0.6 is 0 Å². The summed E-state index contributed by atoms with van der Waals surface area (Å²) in [5.41, 5.74) is 0.668. The van der Waals surface area contributed by atoms with Crippen LogP contribution < -0.4 is 0 Å². The molecule has 1 aromatic rings. The molecule has 4 heteroatoms. The topological polar surface area (TPSA) is 49.8 Å². The lowest BCUT2D eigenvalue weighted by Gasteiger charge is -2.21. The van der Waals surface area contributed by atoms with Crippen molar-refractivity contribution < 1.29 is 14.6 Å². The fraction of sp³-hybridized carbons (Fsp3) is 0.500. The predicted molar refractivity (Wildman–Crippen MR) is 68.4 cm³/mol. The van der Waals surface area contributed by atoms with Crippen molar-refractivity contribution in [1.82, 2.24) is 4.90 Å². The molecule has 1 aliphatic rings. The quantitative estimate of drug-likeness (QED) is 0.881. The molecule has 1 saturated heterocycles. The van der Waals surface area contributed by atoms with E-state index in [1.165, 1.54) is 0 Å². The van der Waals surface area contributed by atoms with Gasteiger partial charge in [-0.2, -0.15) is 0 Å². The smallest absolute Gasteiger partial charge is 0.226 e. The summed E-state index contributed by atoms with van der Waals surface area (Å²) in [5, 5.41) is 9.63. The number of nitrogens with zero attached hydrogens (tertiary/aromatic N) is 1. The van der Waals surface area contributed by atoms with Gasteiger partial charge in [-0.1, -0.05) is 18.2 Å². The first-order valence-corrected chi connectivity index (χ1v) is 6.29. The van der Waals surface area contributed by atoms with Crippen molar-refractivity contribution in [3.05, 3.63) is 29.8 Å². The average molecular weight is 249 g/mol. The number of likely N-dealkylation sites (N-methyl/N-ethyl adjacent to an activating group) is 1. The summed E-state index contributed by atoms with van der Waals surface area (Å²) >= 11 is 0. The van der Waals surface area contributed by atoms with Crippen molar-refractivity contribution in [2.45, 2.75) is 25.4 Å². The summed E-state index contributed by atoms with van der Waals surface area (Å²) in [5.74, 6) is 0.184. The van der Waals surface area contributed by atoms with Gasteiger partial charge in [0.25, 0.3) is 0 Å². The molecular formula is C14H19NO3. The Morgan fingerprint density at radius 2 is 2.28 bits per heavy atom. The second kappa shape index (κ2) is 5.87. The van der Waals surface area contributed by atoms with Crippen molar-refractivity contribution in [3.8, 4) is 5.75 Å². The molecule has 1 aliphatic heterocycles. The maximum atomic E-state index is 12.0. The van der Waals surface area contributed by atoms with E-state index in [1.54, 1.807) is 30.1 Å². The molecule has 98 valence electrons. The highest BCUT2D eigenvalue weighted by molar-refractivity contribution is 5.79. The van der Waals surface area contributed by atoms with Gasteiger partial charge in [-0.05, 0) is 18.9 Å². The molecular weight excluding hydrogens is 230 g/mol. The number of carbonyl (C=O) groups is 1. The third-order valence-corrected chi connectivity index (χ3v) is 3.26. The van der Waals surface area contributed by atoms with E-state index in [0.29, 0.717) is 12.1 Å². The number of phenols is 1. The number of phenolic OH excluding ortho intramolecular Hbond substituents is 1. The number of aromatic hydroxyl groups is 1. The number of hydrogen-bond acceptors (Lipinski definition) is 3. The highest BCUT2D eigenvalue weighted by Gasteiger charge is 2.20. The fourth-order valence-corrected chi connectivity index (χ4v) is 2.15. The molecule has 0 radical (unpaired) electrons. The Morgan fingerprint density at radius 1 is 1.50 bits per heavy atom. The van der Waals surface area contributed by atoms with Crippen LogP contribution in [0.1, 0.15) is 18.4 Å². The number of rotatable bonds is 4. The third kappa shape index (κ3) is 3.23. The van der Waals surface area contributed by atoms with Gasteiger partial charge >= 0.3 is 0 Å². The molecule has 0 bridgehead atoms. The number of hydrogen-bond donors (Lipinski definition) is 1. The molecule has 0 saturated carbocycles. The van der Waals surface area contributed by atoms with Crippen LogP contribution in [0.4, 0.5) is 0 Å². The second-order valence-corrected chi connectivity index (χ2v) is 4.71. The van der Waals surface area contributed by atoms with E-state index < -0.39 is 0 Å². The molecule has 2 rings (SSSR count). The first kappa shape index (κ1) is 12.9. The summed E-state index contributed by atoms with van der Waals surface area (Å²) in [4.78, 5) is 13.7. The second-order valence-electron chi connectivity index (χ2n) is 4.71. The summed E-state index contributed by atoms with van der Waals surface area (Å²) in [6.07, 6.45) is 2.50. The van der Waals surface area contributed by atoms with Gasteiger partial charge in [0.05, 0.1) is 12.5 Å². The van der Waals surface area contributed by atoms with Gasteiger partial charge < -0.3 is 14.7 Å². The van der Waals surface area contributed by atoms with Crippen LogP contribution in [0.3, 0.4) is 0 Å². The van der Waals surface area contributed by atoms with Crippen LogP contribution in [0.25, 0.3) is 0 Å². The minimum absolute atomic E-state index is 0.00648. The van der Waals surface area contributed by atoms with Crippen LogP contribution in [0.2, 0.25) is 0 Å². The van der Waals surface area contributed by atoms with Crippen LogP contribution in [0.5, 0.6) is 5.75 Å². The summed E-state index contributed by atoms with van der Waals surface area (Å²) in [6, 6.07) is 6.94. The standard InChI is InChI=1S/C14H19NO3/c1-15(10-12-6-4-8-18-12)14(17)9-11-5-2-3-7-13(11)16/h2-3,5,7,12,16H,4,6,8-10H2,1H3. The first-order valence-electron chi connectivity index (χ1n) is 6.29. The van der Waals surface area contributed by atoms with Gasteiger partial charge in [0.15, 0.2) is 0 Å². The molecule has 1 aromatic carbocycles. The van der Waals surface area contributed by atoms with E-state index in [9.17, 15) is 9.90 Å². The molecule has 0 spiro atoms. The van der Waals surface area contributed by atoms with Crippen LogP contribution in [0, 0.1) is 0 Å². The van der Waals surface area contributed by atoms with Crippen LogP contribution in [0.15, 0.2) is 24.3 Å². The molecule has 0 aliphatic carbocycles. The zero-order valence-electron chi connectivity index (χ0n) is 10.6. The Labute approximate surface area is 107 Å². The van der Waals surface area contributed by atoms with Gasteiger partial charge in [0.2, 0.25) is 5.91 Å². The lowest BCUT2D eigenvalue weighted by atomic mass is 10.1. The van der Waals surface area contributed by atoms with Crippen LogP contribution in [-0.4, -0.2) is 42.2 Å². The monoisotopic (exact) mass is 249 g/mol. The van der Waals surface area contributed by atoms with Crippen molar-refractivity contribution in [2.24, 2.45) is 0 Å². The van der Waals surface area contributed by atoms with Gasteiger partial charge in [-0.3, -0.25) is 4.79 Å². The molecule has 18 heavy (non-hydrogen) atoms. The third-order valence-electron chi connectivity index (χ3n) is 3.26. The van der Waals surface area contributed by atoms with Crippen molar-refractivity contribution >= 4 is 5.91 Å². The first-order chi connectivity index (χ1) is 8.66. The zero-order valence-corrected chi connectivity index (χ0v) is 10.6. The lowest BCUT2D eigenvalue weighted by Crippen LogP contribution is -2.35. The number of amides is 1. The van der Waals surface area contributed by atoms with E-state index in [4.69, 9.17) is 4.74 Å². The Hall–Kier alpha value is -1.55. The van der Waals surface area contributed by atoms with E-state index in [2.05, 4.69) is 0 Å². The van der Waals surface area contributed by atoms with E-state index in [1.807, 2.05) is 6.07 Å². The molecule has 1 amide bonds. The number of carbonyl (C=O) groups excluding carboxylic acids is 1. The normalized spacial score (nSPS) is 18.8. The maximum Gasteiger partial charge on any atom is 0.226 e. The number of para-hydroxylation sites is 1. The van der Waals surface area contributed by atoms with Crippen molar-refractivity contribution in [1.29, 1.82) is 0 Å². The summed E-state index contributed by atoms with van der Waals surface area (Å²) < 4.78 is 5.50. The average Bonchev–Trinajstić information content (AvgIpc) is 2.84. The lowest BCUT2D eigenvalue weighted by molar-refractivity contribution is -0.130. The van der Waals surface area contributed by atoms with E-state index in [-0.39, 0.29) is 24.2 Å². The van der Waals surface area contributed by atoms with Gasteiger partial charge in [-0.15, -0.1) is 0 Å². The predicted octanol–water partition coefficient (Wildman–Crippen LogP) is 1.57. The molecule has 4 nitrogen and oxygen atoms in total. The van der Waals surface area contributed by atoms with Gasteiger partial charge in [0.1, 0.15) is 5.75 Å². The maximum absolute atomic E-state index is 12.0. The molecule has 1 unspecified atom stereocenters. The zero-order chi connectivity index (χ0) is 13.0. The number of benzene rings is 1. The molecule has 1 N–H and O–H groups in total. The van der Waals surface area contributed by atoms with Crippen molar-refractivity contribution in [3.63, 3.8) is 0 Å². The molecule has 1 atom stereocenters. The van der Waals surface area contributed by atoms with E-state index >= 15 is 0 Å². The van der Waals surface area contributed by atoms with Crippen molar-refractivity contribution in [2.75, 3.05) is 20.2 Å². The highest BCUT2D eigenvalue weighted by Crippen LogP contribution is 2.17. The summed E-state index contributed by atoms with van der Waals surface area (Å²) in [7, 11) is 1.78. The van der Waals surface area contributed by atoms with Gasteiger partial charge in [0, 0.05) is 25.8 Å². The Morgan fingerprint density at radius 3 is 2.94 bits per heavy atom. The van der Waals surface area contributed by atoms with Gasteiger partial charge in [-0.25, -0.2) is 0 Å². The van der Waals surface area contributed by atoms with Crippen LogP contribution in [-0.2, 0) is 16.0 Å². The largest absolute Gasteiger partial charge is 0.508 e. The molecule has 1 fully saturated rings. The molecule has 1 heterocycles. The summed E-state index contributed by atoms with van der Waals surface area (Å²) in [6.45, 7) is 1.43. The minimum atomic E-state index is 0.00648. The Kier molecular flexibility index (Phi) is 4.20. The fourth-order valence-electron chi connectivity index (χ4n) is 2.15. The Balaban J connectivity index is 1.89. The number of ether oxygens (including phenoxy) is 1. The van der Waals surface area contributed by atoms with E-state index in [0.717, 1.165) is 19.4 Å². The Bertz CT molecular complexity index is 413. The highest BCUT2D eigenvalue weighted by atomic mass is 16.5. The SMILES string of the molecule is CN(CC1CCCO1)C(=O)Cc1ccccc1O. The minimum Gasteiger partial charge on any atom is -0.508 e.